The van der Waals surface area contributed by atoms with Crippen LogP contribution in [0.15, 0.2) is 24.4 Å². The molecular weight excluding hydrogens is 265 g/mol. The number of hydrogen-bond acceptors (Lipinski definition) is 4. The van der Waals surface area contributed by atoms with Gasteiger partial charge >= 0.3 is 0 Å². The van der Waals surface area contributed by atoms with E-state index < -0.39 is 0 Å². The Kier molecular flexibility index (Phi) is 3.63. The summed E-state index contributed by atoms with van der Waals surface area (Å²) in [6.07, 6.45) is 1.56. The molecule has 1 heterocycles. The monoisotopic (exact) mass is 271 g/mol. The lowest BCUT2D eigenvalue weighted by Crippen LogP contribution is -1.96. The third kappa shape index (κ3) is 2.45. The largest absolute Gasteiger partial charge is 0.228 e. The molecule has 0 N–H and O–H groups in total. The zero-order valence-electron chi connectivity index (χ0n) is 8.06. The molecule has 82 valence electrons. The maximum atomic E-state index is 6.07. The number of rotatable bonds is 2. The van der Waals surface area contributed by atoms with Crippen LogP contribution in [-0.4, -0.2) is 15.2 Å². The molecule has 1 aromatic heterocycles. The number of benzene rings is 1. The van der Waals surface area contributed by atoms with Gasteiger partial charge in [-0.3, -0.25) is 0 Å². The molecule has 0 spiro atoms. The van der Waals surface area contributed by atoms with Crippen molar-refractivity contribution in [2.24, 2.45) is 0 Å². The molecule has 0 aliphatic rings. The summed E-state index contributed by atoms with van der Waals surface area (Å²) in [5.41, 5.74) is 1.45. The normalized spacial score (nSPS) is 10.4. The molecular formula is C10H7Cl2N3S. The smallest absolute Gasteiger partial charge is 0.161 e. The van der Waals surface area contributed by atoms with Crippen molar-refractivity contribution in [1.29, 1.82) is 0 Å². The van der Waals surface area contributed by atoms with Gasteiger partial charge in [0, 0.05) is 10.6 Å². The van der Waals surface area contributed by atoms with E-state index in [1.807, 2.05) is 0 Å². The third-order valence-corrected chi connectivity index (χ3v) is 2.78. The molecule has 2 rings (SSSR count). The van der Waals surface area contributed by atoms with E-state index in [2.05, 4.69) is 27.8 Å². The van der Waals surface area contributed by atoms with Crippen LogP contribution in [0.2, 0.25) is 10.0 Å². The molecule has 0 radical (unpaired) electrons. The van der Waals surface area contributed by atoms with Crippen LogP contribution in [0.5, 0.6) is 0 Å². The van der Waals surface area contributed by atoms with Crippen molar-refractivity contribution in [3.63, 3.8) is 0 Å². The van der Waals surface area contributed by atoms with E-state index in [-0.39, 0.29) is 0 Å². The van der Waals surface area contributed by atoms with E-state index >= 15 is 0 Å². The summed E-state index contributed by atoms with van der Waals surface area (Å²) in [4.78, 5) is 4.27. The lowest BCUT2D eigenvalue weighted by Gasteiger charge is -2.04. The van der Waals surface area contributed by atoms with Gasteiger partial charge in [0.1, 0.15) is 0 Å². The third-order valence-electron chi connectivity index (χ3n) is 1.95. The quantitative estimate of drug-likeness (QED) is 0.853. The van der Waals surface area contributed by atoms with E-state index in [9.17, 15) is 0 Å². The highest BCUT2D eigenvalue weighted by atomic mass is 35.5. The van der Waals surface area contributed by atoms with Gasteiger partial charge in [0.05, 0.1) is 22.7 Å². The Labute approximate surface area is 108 Å². The molecule has 0 unspecified atom stereocenters. The zero-order valence-corrected chi connectivity index (χ0v) is 10.5. The Morgan fingerprint density at radius 2 is 2.06 bits per heavy atom. The molecule has 0 aliphatic heterocycles. The molecule has 0 aliphatic carbocycles. The number of thiol groups is 1. The minimum absolute atomic E-state index is 0.437. The van der Waals surface area contributed by atoms with Crippen molar-refractivity contribution in [3.8, 4) is 11.3 Å². The van der Waals surface area contributed by atoms with E-state index in [0.29, 0.717) is 27.3 Å². The standard InChI is InChI=1S/C10H7Cl2N3S/c11-6-1-2-7(8(12)3-6)9-4-13-15-10(5-16)14-9/h1-4,16H,5H2. The molecule has 16 heavy (non-hydrogen) atoms. The molecule has 1 aromatic carbocycles. The van der Waals surface area contributed by atoms with Crippen LogP contribution in [0, 0.1) is 0 Å². The summed E-state index contributed by atoms with van der Waals surface area (Å²) < 4.78 is 0. The van der Waals surface area contributed by atoms with Gasteiger partial charge in [-0.05, 0) is 18.2 Å². The number of nitrogens with zero attached hydrogens (tertiary/aromatic N) is 3. The second-order valence-electron chi connectivity index (χ2n) is 3.04. The first-order chi connectivity index (χ1) is 7.70. The predicted molar refractivity (Wildman–Crippen MR) is 68.0 cm³/mol. The molecule has 0 fully saturated rings. The highest BCUT2D eigenvalue weighted by Crippen LogP contribution is 2.28. The van der Waals surface area contributed by atoms with Crippen LogP contribution in [-0.2, 0) is 5.75 Å². The summed E-state index contributed by atoms with van der Waals surface area (Å²) >= 11 is 16.0. The van der Waals surface area contributed by atoms with Gasteiger partial charge in [0.25, 0.3) is 0 Å². The Balaban J connectivity index is 2.49. The van der Waals surface area contributed by atoms with E-state index in [0.717, 1.165) is 5.56 Å². The number of hydrogen-bond donors (Lipinski definition) is 1. The Morgan fingerprint density at radius 3 is 2.75 bits per heavy atom. The van der Waals surface area contributed by atoms with Crippen molar-refractivity contribution in [2.45, 2.75) is 5.75 Å². The molecule has 0 saturated carbocycles. The topological polar surface area (TPSA) is 38.7 Å². The molecule has 0 atom stereocenters. The van der Waals surface area contributed by atoms with Gasteiger partial charge in [-0.15, -0.1) is 5.10 Å². The van der Waals surface area contributed by atoms with Crippen molar-refractivity contribution in [1.82, 2.24) is 15.2 Å². The van der Waals surface area contributed by atoms with Crippen LogP contribution in [0.1, 0.15) is 5.82 Å². The second kappa shape index (κ2) is 4.99. The SMILES string of the molecule is SCc1nncc(-c2ccc(Cl)cc2Cl)n1. The second-order valence-corrected chi connectivity index (χ2v) is 4.20. The lowest BCUT2D eigenvalue weighted by molar-refractivity contribution is 0.903. The summed E-state index contributed by atoms with van der Waals surface area (Å²) in [5.74, 6) is 0.998. The van der Waals surface area contributed by atoms with E-state index in [4.69, 9.17) is 23.2 Å². The highest BCUT2D eigenvalue weighted by molar-refractivity contribution is 7.79. The average Bonchev–Trinajstić information content (AvgIpc) is 2.29. The zero-order chi connectivity index (χ0) is 11.5. The maximum Gasteiger partial charge on any atom is 0.161 e. The predicted octanol–water partition coefficient (Wildman–Crippen LogP) is 3.28. The van der Waals surface area contributed by atoms with Crippen LogP contribution in [0.25, 0.3) is 11.3 Å². The van der Waals surface area contributed by atoms with Crippen LogP contribution >= 0.6 is 35.8 Å². The fraction of sp³-hybridized carbons (Fsp3) is 0.100. The number of aromatic nitrogens is 3. The van der Waals surface area contributed by atoms with Crippen molar-refractivity contribution in [2.75, 3.05) is 0 Å². The lowest BCUT2D eigenvalue weighted by atomic mass is 10.2. The molecule has 3 nitrogen and oxygen atoms in total. The molecule has 0 saturated heterocycles. The Hall–Kier alpha value is -0.840. The average molecular weight is 272 g/mol. The maximum absolute atomic E-state index is 6.07. The van der Waals surface area contributed by atoms with Gasteiger partial charge in [-0.25, -0.2) is 4.98 Å². The Bertz CT molecular complexity index is 519. The summed E-state index contributed by atoms with van der Waals surface area (Å²) in [6.45, 7) is 0. The Morgan fingerprint density at radius 1 is 1.25 bits per heavy atom. The molecule has 6 heteroatoms. The van der Waals surface area contributed by atoms with Crippen molar-refractivity contribution in [3.05, 3.63) is 40.3 Å². The highest BCUT2D eigenvalue weighted by Gasteiger charge is 2.07. The summed E-state index contributed by atoms with van der Waals surface area (Å²) in [7, 11) is 0. The minimum Gasteiger partial charge on any atom is -0.228 e. The van der Waals surface area contributed by atoms with Gasteiger partial charge in [-0.2, -0.15) is 17.7 Å². The molecule has 0 amide bonds. The van der Waals surface area contributed by atoms with Crippen LogP contribution in [0.3, 0.4) is 0 Å². The summed E-state index contributed by atoms with van der Waals surface area (Å²) in [6, 6.07) is 5.23. The first-order valence-corrected chi connectivity index (χ1v) is 5.84. The van der Waals surface area contributed by atoms with Gasteiger partial charge in [-0.1, -0.05) is 23.2 Å². The fourth-order valence-electron chi connectivity index (χ4n) is 1.23. The summed E-state index contributed by atoms with van der Waals surface area (Å²) in [5, 5.41) is 8.79. The van der Waals surface area contributed by atoms with Crippen molar-refractivity contribution < 1.29 is 0 Å². The number of halogens is 2. The van der Waals surface area contributed by atoms with E-state index in [1.54, 1.807) is 24.4 Å². The van der Waals surface area contributed by atoms with Gasteiger partial charge in [0.2, 0.25) is 0 Å². The molecule has 0 bridgehead atoms. The van der Waals surface area contributed by atoms with Gasteiger partial charge < -0.3 is 0 Å². The first kappa shape index (κ1) is 11.6. The first-order valence-electron chi connectivity index (χ1n) is 4.45. The fourth-order valence-corrected chi connectivity index (χ4v) is 1.87. The van der Waals surface area contributed by atoms with Gasteiger partial charge in [0.15, 0.2) is 5.82 Å². The van der Waals surface area contributed by atoms with Crippen LogP contribution < -0.4 is 0 Å². The van der Waals surface area contributed by atoms with Crippen LogP contribution in [0.4, 0.5) is 0 Å². The minimum atomic E-state index is 0.437. The molecule has 2 aromatic rings. The van der Waals surface area contributed by atoms with E-state index in [1.165, 1.54) is 0 Å². The van der Waals surface area contributed by atoms with Crippen molar-refractivity contribution >= 4 is 35.8 Å².